The van der Waals surface area contributed by atoms with E-state index >= 15 is 0 Å². The zero-order chi connectivity index (χ0) is 18.8. The molecular formula is C20H24O4. The molecule has 2 N–H and O–H groups in total. The van der Waals surface area contributed by atoms with Crippen molar-refractivity contribution in [2.24, 2.45) is 0 Å². The summed E-state index contributed by atoms with van der Waals surface area (Å²) < 4.78 is 0. The summed E-state index contributed by atoms with van der Waals surface area (Å²) in [6, 6.07) is 24.0. The summed E-state index contributed by atoms with van der Waals surface area (Å²) in [5.41, 5.74) is 0.352. The Balaban J connectivity index is 0. The fraction of sp³-hybridized carbons (Fsp3) is 0.100. The van der Waals surface area contributed by atoms with Gasteiger partial charge in [0.2, 0.25) is 0 Å². The smallest absolute Gasteiger partial charge is 0.330 e. The summed E-state index contributed by atoms with van der Waals surface area (Å²) in [5, 5.41) is 15.8. The van der Waals surface area contributed by atoms with E-state index in [-0.39, 0.29) is 11.1 Å². The second-order valence-electron chi connectivity index (χ2n) is 4.48. The second-order valence-corrected chi connectivity index (χ2v) is 4.48. The molecule has 4 heteroatoms. The van der Waals surface area contributed by atoms with Crippen LogP contribution in [-0.4, -0.2) is 22.2 Å². The highest BCUT2D eigenvalue weighted by atomic mass is 16.4. The highest BCUT2D eigenvalue weighted by Gasteiger charge is 1.90. The molecule has 0 aliphatic heterocycles. The van der Waals surface area contributed by atoms with Crippen LogP contribution in [0.4, 0.5) is 0 Å². The minimum absolute atomic E-state index is 0.176. The Morgan fingerprint density at radius 3 is 0.667 bits per heavy atom. The first-order chi connectivity index (χ1) is 11.3. The molecule has 0 unspecified atom stereocenters. The topological polar surface area (TPSA) is 74.6 Å². The molecule has 0 heterocycles. The summed E-state index contributed by atoms with van der Waals surface area (Å²) in [4.78, 5) is 19.2. The average molecular weight is 328 g/mol. The van der Waals surface area contributed by atoms with Gasteiger partial charge in [0.05, 0.1) is 0 Å². The molecule has 0 fully saturated rings. The number of carbonyl (C=O) groups is 2. The van der Waals surface area contributed by atoms with E-state index in [0.717, 1.165) is 0 Å². The lowest BCUT2D eigenvalue weighted by atomic mass is 10.4. The Morgan fingerprint density at radius 1 is 0.542 bits per heavy atom. The molecule has 0 bridgehead atoms. The number of hydrogen-bond donors (Lipinski definition) is 2. The van der Waals surface area contributed by atoms with E-state index in [4.69, 9.17) is 10.2 Å². The molecule has 2 aromatic rings. The maximum absolute atomic E-state index is 9.60. The monoisotopic (exact) mass is 328 g/mol. The lowest BCUT2D eigenvalue weighted by Crippen LogP contribution is -1.92. The van der Waals surface area contributed by atoms with Crippen LogP contribution in [0.25, 0.3) is 0 Å². The normalized spacial score (nSPS) is 7.75. The third kappa shape index (κ3) is 21.2. The van der Waals surface area contributed by atoms with Gasteiger partial charge in [-0.25, -0.2) is 9.59 Å². The molecule has 0 saturated carbocycles. The number of rotatable bonds is 2. The van der Waals surface area contributed by atoms with Crippen molar-refractivity contribution in [3.8, 4) is 0 Å². The van der Waals surface area contributed by atoms with E-state index in [2.05, 4.69) is 13.2 Å². The minimum atomic E-state index is -0.935. The number of benzene rings is 2. The van der Waals surface area contributed by atoms with Crippen molar-refractivity contribution in [3.05, 3.63) is 97.1 Å². The third-order valence-electron chi connectivity index (χ3n) is 2.06. The Bertz CT molecular complexity index is 457. The molecule has 2 rings (SSSR count). The molecule has 2 aromatic carbocycles. The van der Waals surface area contributed by atoms with Crippen molar-refractivity contribution in [2.45, 2.75) is 13.8 Å². The van der Waals surface area contributed by atoms with E-state index in [1.165, 1.54) is 13.8 Å². The lowest BCUT2D eigenvalue weighted by molar-refractivity contribution is -0.133. The van der Waals surface area contributed by atoms with Crippen molar-refractivity contribution in [1.29, 1.82) is 0 Å². The van der Waals surface area contributed by atoms with Gasteiger partial charge in [0.25, 0.3) is 0 Å². The van der Waals surface area contributed by atoms with Gasteiger partial charge >= 0.3 is 11.9 Å². The quantitative estimate of drug-likeness (QED) is 0.786. The molecule has 128 valence electrons. The highest BCUT2D eigenvalue weighted by molar-refractivity contribution is 5.85. The summed E-state index contributed by atoms with van der Waals surface area (Å²) in [6.45, 7) is 9.20. The number of aliphatic carboxylic acids is 2. The van der Waals surface area contributed by atoms with Gasteiger partial charge in [-0.05, 0) is 13.8 Å². The Kier molecular flexibility index (Phi) is 15.6. The van der Waals surface area contributed by atoms with Crippen molar-refractivity contribution < 1.29 is 19.8 Å². The van der Waals surface area contributed by atoms with Crippen LogP contribution < -0.4 is 0 Å². The molecule has 0 saturated heterocycles. The number of carboxylic acid groups (broad SMARTS) is 2. The zero-order valence-corrected chi connectivity index (χ0v) is 14.1. The van der Waals surface area contributed by atoms with Gasteiger partial charge in [0.15, 0.2) is 0 Å². The third-order valence-corrected chi connectivity index (χ3v) is 2.06. The number of hydrogen-bond acceptors (Lipinski definition) is 2. The molecule has 0 radical (unpaired) electrons. The van der Waals surface area contributed by atoms with Gasteiger partial charge in [-0.3, -0.25) is 0 Å². The minimum Gasteiger partial charge on any atom is -0.478 e. The van der Waals surface area contributed by atoms with Crippen LogP contribution in [0.2, 0.25) is 0 Å². The van der Waals surface area contributed by atoms with E-state index in [0.29, 0.717) is 0 Å². The molecule has 0 aromatic heterocycles. The lowest BCUT2D eigenvalue weighted by Gasteiger charge is -1.79. The maximum Gasteiger partial charge on any atom is 0.330 e. The summed E-state index contributed by atoms with van der Waals surface area (Å²) in [5.74, 6) is -1.87. The van der Waals surface area contributed by atoms with Gasteiger partial charge in [0.1, 0.15) is 0 Å². The van der Waals surface area contributed by atoms with Crippen LogP contribution in [0, 0.1) is 0 Å². The first-order valence-corrected chi connectivity index (χ1v) is 7.06. The highest BCUT2D eigenvalue weighted by Crippen LogP contribution is 1.82. The van der Waals surface area contributed by atoms with Crippen LogP contribution >= 0.6 is 0 Å². The van der Waals surface area contributed by atoms with E-state index in [1.54, 1.807) is 0 Å². The largest absolute Gasteiger partial charge is 0.478 e. The predicted molar refractivity (Wildman–Crippen MR) is 97.8 cm³/mol. The van der Waals surface area contributed by atoms with Crippen molar-refractivity contribution in [3.63, 3.8) is 0 Å². The predicted octanol–water partition coefficient (Wildman–Crippen LogP) is 4.67. The maximum atomic E-state index is 9.60. The zero-order valence-electron chi connectivity index (χ0n) is 14.1. The average Bonchev–Trinajstić information content (AvgIpc) is 2.59. The van der Waals surface area contributed by atoms with Gasteiger partial charge in [-0.1, -0.05) is 86.0 Å². The SMILES string of the molecule is C=C(C)C(=O)O.C=C(C)C(=O)O.c1ccccc1.c1ccccc1. The van der Waals surface area contributed by atoms with Crippen LogP contribution in [0.3, 0.4) is 0 Å². The van der Waals surface area contributed by atoms with Gasteiger partial charge in [-0.2, -0.15) is 0 Å². The Labute approximate surface area is 143 Å². The molecule has 4 nitrogen and oxygen atoms in total. The van der Waals surface area contributed by atoms with Gasteiger partial charge < -0.3 is 10.2 Å². The standard InChI is InChI=1S/2C6H6.2C4H6O2/c2*1-2-4-6-5-3-1;2*1-3(2)4(5)6/h2*1-6H;2*1H2,2H3,(H,5,6). The first-order valence-electron chi connectivity index (χ1n) is 7.06. The number of carboxylic acids is 2. The molecule has 0 aliphatic rings. The van der Waals surface area contributed by atoms with E-state index in [1.807, 2.05) is 72.8 Å². The van der Waals surface area contributed by atoms with E-state index < -0.39 is 11.9 Å². The molecule has 0 amide bonds. The van der Waals surface area contributed by atoms with Gasteiger partial charge in [-0.15, -0.1) is 0 Å². The van der Waals surface area contributed by atoms with Crippen molar-refractivity contribution in [1.82, 2.24) is 0 Å². The second kappa shape index (κ2) is 16.2. The van der Waals surface area contributed by atoms with Crippen LogP contribution in [-0.2, 0) is 9.59 Å². The molecule has 0 spiro atoms. The first kappa shape index (κ1) is 23.1. The summed E-state index contributed by atoms with van der Waals surface area (Å²) in [6.07, 6.45) is 0. The molecule has 0 atom stereocenters. The molecule has 24 heavy (non-hydrogen) atoms. The fourth-order valence-corrected chi connectivity index (χ4v) is 0.770. The van der Waals surface area contributed by atoms with Gasteiger partial charge in [0, 0.05) is 11.1 Å². The van der Waals surface area contributed by atoms with Crippen molar-refractivity contribution >= 4 is 11.9 Å². The molecule has 0 aliphatic carbocycles. The Hall–Kier alpha value is -3.14. The summed E-state index contributed by atoms with van der Waals surface area (Å²) >= 11 is 0. The molecular weight excluding hydrogens is 304 g/mol. The Morgan fingerprint density at radius 2 is 0.625 bits per heavy atom. The van der Waals surface area contributed by atoms with E-state index in [9.17, 15) is 9.59 Å². The van der Waals surface area contributed by atoms with Crippen molar-refractivity contribution in [2.75, 3.05) is 0 Å². The fourth-order valence-electron chi connectivity index (χ4n) is 0.770. The van der Waals surface area contributed by atoms with Crippen LogP contribution in [0.5, 0.6) is 0 Å². The van der Waals surface area contributed by atoms with Crippen LogP contribution in [0.15, 0.2) is 97.1 Å². The summed E-state index contributed by atoms with van der Waals surface area (Å²) in [7, 11) is 0. The van der Waals surface area contributed by atoms with Crippen LogP contribution in [0.1, 0.15) is 13.8 Å².